The Morgan fingerprint density at radius 1 is 1.20 bits per heavy atom. The summed E-state index contributed by atoms with van der Waals surface area (Å²) in [4.78, 5) is 38.8. The summed E-state index contributed by atoms with van der Waals surface area (Å²) < 4.78 is 18.1. The highest BCUT2D eigenvalue weighted by Crippen LogP contribution is 2.36. The average molecular weight is 431 g/mol. The minimum Gasteiger partial charge on any atom is -0.469 e. The predicted molar refractivity (Wildman–Crippen MR) is 109 cm³/mol. The largest absolute Gasteiger partial charge is 0.469 e. The second kappa shape index (κ2) is 8.87. The van der Waals surface area contributed by atoms with Gasteiger partial charge in [-0.2, -0.15) is 0 Å². The number of aromatic nitrogens is 1. The van der Waals surface area contributed by atoms with E-state index in [0.717, 1.165) is 0 Å². The van der Waals surface area contributed by atoms with Gasteiger partial charge in [0.15, 0.2) is 0 Å². The van der Waals surface area contributed by atoms with Crippen molar-refractivity contribution >= 4 is 23.3 Å². The van der Waals surface area contributed by atoms with Crippen molar-refractivity contribution in [3.05, 3.63) is 97.2 Å². The highest BCUT2D eigenvalue weighted by molar-refractivity contribution is 6.31. The first-order valence-corrected chi connectivity index (χ1v) is 9.17. The second-order valence-corrected chi connectivity index (χ2v) is 6.90. The minimum atomic E-state index is -1.08. The van der Waals surface area contributed by atoms with E-state index in [2.05, 4.69) is 4.98 Å². The lowest BCUT2D eigenvalue weighted by Gasteiger charge is -2.18. The summed E-state index contributed by atoms with van der Waals surface area (Å²) in [5.41, 5.74) is 0.00337. The molecule has 1 unspecified atom stereocenters. The Bertz CT molecular complexity index is 1160. The Morgan fingerprint density at radius 2 is 1.90 bits per heavy atom. The van der Waals surface area contributed by atoms with Gasteiger partial charge in [0, 0.05) is 22.8 Å². The molecule has 1 atom stereocenters. The Balaban J connectivity index is 2.22. The third-order valence-corrected chi connectivity index (χ3v) is 4.87. The number of pyridine rings is 1. The van der Waals surface area contributed by atoms with E-state index in [9.17, 15) is 24.1 Å². The molecule has 30 heavy (non-hydrogen) atoms. The van der Waals surface area contributed by atoms with Crippen LogP contribution in [0.3, 0.4) is 0 Å². The molecule has 7 nitrogen and oxygen atoms in total. The number of carbonyl (C=O) groups excluding carboxylic acids is 1. The molecule has 0 bridgehead atoms. The number of ether oxygens (including phenoxy) is 1. The summed E-state index contributed by atoms with van der Waals surface area (Å²) in [5.74, 6) is -2.23. The molecule has 0 aliphatic carbocycles. The summed E-state index contributed by atoms with van der Waals surface area (Å²) in [6, 6.07) is 10.9. The summed E-state index contributed by atoms with van der Waals surface area (Å²) in [6.07, 6.45) is 1.36. The monoisotopic (exact) mass is 430 g/mol. The van der Waals surface area contributed by atoms with Crippen LogP contribution in [0.2, 0.25) is 5.02 Å². The van der Waals surface area contributed by atoms with Gasteiger partial charge in [0.05, 0.1) is 23.5 Å². The van der Waals surface area contributed by atoms with E-state index in [1.807, 2.05) is 0 Å². The molecule has 0 aliphatic heterocycles. The molecule has 0 aliphatic rings. The van der Waals surface area contributed by atoms with Crippen molar-refractivity contribution in [2.75, 3.05) is 7.11 Å². The number of nitrogens with one attached hydrogen (secondary N) is 1. The Labute approximate surface area is 175 Å². The third kappa shape index (κ3) is 4.38. The first kappa shape index (κ1) is 21.2. The van der Waals surface area contributed by atoms with E-state index in [-0.39, 0.29) is 33.8 Å². The smallest absolute Gasteiger partial charge is 0.313 e. The number of benzene rings is 2. The number of nitro groups is 1. The van der Waals surface area contributed by atoms with E-state index in [0.29, 0.717) is 5.56 Å². The van der Waals surface area contributed by atoms with Crippen molar-refractivity contribution in [1.82, 2.24) is 4.98 Å². The molecule has 1 aromatic heterocycles. The number of aromatic amines is 1. The van der Waals surface area contributed by atoms with Gasteiger partial charge in [-0.1, -0.05) is 23.7 Å². The number of nitro benzene ring substituents is 1. The lowest BCUT2D eigenvalue weighted by Crippen LogP contribution is -2.25. The van der Waals surface area contributed by atoms with E-state index >= 15 is 0 Å². The van der Waals surface area contributed by atoms with Crippen molar-refractivity contribution < 1.29 is 18.8 Å². The van der Waals surface area contributed by atoms with Gasteiger partial charge in [-0.05, 0) is 47.9 Å². The number of rotatable bonds is 6. The molecule has 1 heterocycles. The number of nitrogens with zero attached hydrogens (tertiary/aromatic N) is 1. The molecular weight excluding hydrogens is 415 g/mol. The fourth-order valence-electron chi connectivity index (χ4n) is 3.26. The number of carbonyl (C=O) groups is 1. The lowest BCUT2D eigenvalue weighted by atomic mass is 9.87. The third-order valence-electron chi connectivity index (χ3n) is 4.63. The first-order chi connectivity index (χ1) is 14.3. The van der Waals surface area contributed by atoms with Crippen LogP contribution in [0.25, 0.3) is 11.1 Å². The standard InChI is InChI=1S/C21H16ClFN2O5/c1-30-21(27)17(10-12-2-5-14(23)6-3-12)19-15(8-9-24-20(19)26)16-11-13(22)4-7-18(16)25(28)29/h2-9,11,17H,10H2,1H3,(H,24,26). The number of hydrogen-bond donors (Lipinski definition) is 1. The van der Waals surface area contributed by atoms with Crippen LogP contribution in [0.15, 0.2) is 59.5 Å². The van der Waals surface area contributed by atoms with E-state index in [4.69, 9.17) is 16.3 Å². The van der Waals surface area contributed by atoms with Crippen LogP contribution >= 0.6 is 11.6 Å². The Hall–Kier alpha value is -3.52. The van der Waals surface area contributed by atoms with Gasteiger partial charge in [0.25, 0.3) is 11.2 Å². The van der Waals surface area contributed by atoms with Crippen molar-refractivity contribution in [3.8, 4) is 11.1 Å². The highest BCUT2D eigenvalue weighted by atomic mass is 35.5. The Kier molecular flexibility index (Phi) is 6.27. The summed E-state index contributed by atoms with van der Waals surface area (Å²) in [5, 5.41) is 11.8. The van der Waals surface area contributed by atoms with E-state index in [1.165, 1.54) is 61.8 Å². The van der Waals surface area contributed by atoms with Crippen LogP contribution in [0, 0.1) is 15.9 Å². The zero-order valence-electron chi connectivity index (χ0n) is 15.7. The van der Waals surface area contributed by atoms with E-state index in [1.54, 1.807) is 0 Å². The van der Waals surface area contributed by atoms with Gasteiger partial charge in [-0.25, -0.2) is 4.39 Å². The zero-order valence-corrected chi connectivity index (χ0v) is 16.5. The molecule has 154 valence electrons. The summed E-state index contributed by atoms with van der Waals surface area (Å²) >= 11 is 6.04. The van der Waals surface area contributed by atoms with Crippen LogP contribution in [-0.2, 0) is 16.0 Å². The molecule has 0 saturated carbocycles. The molecule has 0 radical (unpaired) electrons. The van der Waals surface area contributed by atoms with Crippen LogP contribution in [0.5, 0.6) is 0 Å². The molecule has 1 N–H and O–H groups in total. The maximum absolute atomic E-state index is 13.3. The molecule has 9 heteroatoms. The van der Waals surface area contributed by atoms with Crippen molar-refractivity contribution in [2.24, 2.45) is 0 Å². The molecule has 3 aromatic rings. The predicted octanol–water partition coefficient (Wildman–Crippen LogP) is 4.24. The van der Waals surface area contributed by atoms with Gasteiger partial charge >= 0.3 is 5.97 Å². The normalized spacial score (nSPS) is 11.7. The fraction of sp³-hybridized carbons (Fsp3) is 0.143. The van der Waals surface area contributed by atoms with Crippen LogP contribution in [0.4, 0.5) is 10.1 Å². The molecule has 0 fully saturated rings. The number of halogens is 2. The molecule has 0 spiro atoms. The second-order valence-electron chi connectivity index (χ2n) is 6.46. The first-order valence-electron chi connectivity index (χ1n) is 8.80. The SMILES string of the molecule is COC(=O)C(Cc1ccc(F)cc1)c1c(-c2cc(Cl)ccc2[N+](=O)[O-])cc[nH]c1=O. The van der Waals surface area contributed by atoms with Gasteiger partial charge in [-0.3, -0.25) is 19.7 Å². The van der Waals surface area contributed by atoms with E-state index < -0.39 is 28.2 Å². The zero-order chi connectivity index (χ0) is 21.8. The lowest BCUT2D eigenvalue weighted by molar-refractivity contribution is -0.384. The van der Waals surface area contributed by atoms with Crippen molar-refractivity contribution in [3.63, 3.8) is 0 Å². The van der Waals surface area contributed by atoms with Crippen molar-refractivity contribution in [1.29, 1.82) is 0 Å². The number of methoxy groups -OCH3 is 1. The highest BCUT2D eigenvalue weighted by Gasteiger charge is 2.30. The fourth-order valence-corrected chi connectivity index (χ4v) is 3.43. The molecule has 0 saturated heterocycles. The van der Waals surface area contributed by atoms with Crippen LogP contribution < -0.4 is 5.56 Å². The van der Waals surface area contributed by atoms with Crippen molar-refractivity contribution in [2.45, 2.75) is 12.3 Å². The molecular formula is C21H16ClFN2O5. The number of esters is 1. The number of H-pyrrole nitrogens is 1. The number of hydrogen-bond acceptors (Lipinski definition) is 5. The topological polar surface area (TPSA) is 102 Å². The average Bonchev–Trinajstić information content (AvgIpc) is 2.72. The van der Waals surface area contributed by atoms with Crippen LogP contribution in [-0.4, -0.2) is 23.0 Å². The Morgan fingerprint density at radius 3 is 2.53 bits per heavy atom. The van der Waals surface area contributed by atoms with Gasteiger partial charge in [0.2, 0.25) is 0 Å². The van der Waals surface area contributed by atoms with Gasteiger partial charge in [-0.15, -0.1) is 0 Å². The summed E-state index contributed by atoms with van der Waals surface area (Å²) in [7, 11) is 1.18. The van der Waals surface area contributed by atoms with Gasteiger partial charge in [0.1, 0.15) is 5.82 Å². The van der Waals surface area contributed by atoms with Crippen LogP contribution in [0.1, 0.15) is 17.0 Å². The maximum Gasteiger partial charge on any atom is 0.313 e. The quantitative estimate of drug-likeness (QED) is 0.358. The molecule has 0 amide bonds. The maximum atomic E-state index is 13.3. The summed E-state index contributed by atoms with van der Waals surface area (Å²) in [6.45, 7) is 0. The van der Waals surface area contributed by atoms with Gasteiger partial charge < -0.3 is 9.72 Å². The minimum absolute atomic E-state index is 0.000887. The molecule has 3 rings (SSSR count). The molecule has 2 aromatic carbocycles.